The average Bonchev–Trinajstić information content (AvgIpc) is 2.78. The van der Waals surface area contributed by atoms with E-state index in [0.717, 1.165) is 25.7 Å². The van der Waals surface area contributed by atoms with Crippen LogP contribution in [0.5, 0.6) is 0 Å². The normalized spacial score (nSPS) is 17.3. The van der Waals surface area contributed by atoms with Crippen LogP contribution in [0, 0.1) is 6.92 Å². The minimum atomic E-state index is 0.810. The van der Waals surface area contributed by atoms with Crippen LogP contribution in [-0.2, 0) is 13.1 Å². The third kappa shape index (κ3) is 4.30. The van der Waals surface area contributed by atoms with Crippen molar-refractivity contribution in [3.63, 3.8) is 0 Å². The summed E-state index contributed by atoms with van der Waals surface area (Å²) in [4.78, 5) is 5.55. The predicted molar refractivity (Wildman–Crippen MR) is 84.8 cm³/mol. The van der Waals surface area contributed by atoms with Crippen LogP contribution in [0.3, 0.4) is 0 Å². The molecule has 0 saturated heterocycles. The van der Waals surface area contributed by atoms with E-state index < -0.39 is 0 Å². The summed E-state index contributed by atoms with van der Waals surface area (Å²) < 4.78 is 0. The van der Waals surface area contributed by atoms with Crippen molar-refractivity contribution in [1.82, 2.24) is 10.2 Å². The number of nitrogens with one attached hydrogen (secondary N) is 1. The second-order valence-corrected chi connectivity index (χ2v) is 7.12. The van der Waals surface area contributed by atoms with Crippen LogP contribution in [0.25, 0.3) is 0 Å². The molecule has 1 aromatic rings. The Morgan fingerprint density at radius 1 is 1.32 bits per heavy atom. The van der Waals surface area contributed by atoms with Gasteiger partial charge in [-0.05, 0) is 45.0 Å². The standard InChI is InChI=1S/C16H28N2S/c1-4-17-11-16-10-14(13(2)19-16)12-18(3)15-8-6-5-7-9-15/h10,15,17H,4-9,11-12H2,1-3H3. The van der Waals surface area contributed by atoms with Crippen molar-refractivity contribution in [3.05, 3.63) is 21.4 Å². The SMILES string of the molecule is CCNCc1cc(CN(C)C2CCCCC2)c(C)s1. The Kier molecular flexibility index (Phi) is 5.86. The fraction of sp³-hybridized carbons (Fsp3) is 0.750. The zero-order valence-electron chi connectivity index (χ0n) is 12.7. The van der Waals surface area contributed by atoms with Gasteiger partial charge in [0.1, 0.15) is 0 Å². The highest BCUT2D eigenvalue weighted by atomic mass is 32.1. The van der Waals surface area contributed by atoms with Crippen molar-refractivity contribution in [2.75, 3.05) is 13.6 Å². The Labute approximate surface area is 122 Å². The fourth-order valence-corrected chi connectivity index (χ4v) is 4.02. The number of thiophene rings is 1. The van der Waals surface area contributed by atoms with Crippen molar-refractivity contribution < 1.29 is 0 Å². The van der Waals surface area contributed by atoms with Crippen LogP contribution in [-0.4, -0.2) is 24.5 Å². The summed E-state index contributed by atoms with van der Waals surface area (Å²) in [6.07, 6.45) is 7.06. The number of nitrogens with zero attached hydrogens (tertiary/aromatic N) is 1. The van der Waals surface area contributed by atoms with Gasteiger partial charge >= 0.3 is 0 Å². The van der Waals surface area contributed by atoms with Gasteiger partial charge in [-0.25, -0.2) is 0 Å². The van der Waals surface area contributed by atoms with E-state index in [1.807, 2.05) is 11.3 Å². The molecule has 0 aromatic carbocycles. The lowest BCUT2D eigenvalue weighted by Gasteiger charge is -2.31. The lowest BCUT2D eigenvalue weighted by Crippen LogP contribution is -2.32. The monoisotopic (exact) mass is 280 g/mol. The molecule has 1 aliphatic rings. The molecule has 0 bridgehead atoms. The van der Waals surface area contributed by atoms with Crippen molar-refractivity contribution >= 4 is 11.3 Å². The van der Waals surface area contributed by atoms with Crippen molar-refractivity contribution in [2.24, 2.45) is 0 Å². The summed E-state index contributed by atoms with van der Waals surface area (Å²) in [6.45, 7) is 7.63. The Morgan fingerprint density at radius 2 is 2.05 bits per heavy atom. The number of hydrogen-bond acceptors (Lipinski definition) is 3. The molecule has 0 aliphatic heterocycles. The summed E-state index contributed by atoms with van der Waals surface area (Å²) in [5.41, 5.74) is 1.53. The fourth-order valence-electron chi connectivity index (χ4n) is 3.00. The van der Waals surface area contributed by atoms with Crippen LogP contribution in [0.4, 0.5) is 0 Å². The number of rotatable bonds is 6. The van der Waals surface area contributed by atoms with Gasteiger partial charge in [-0.1, -0.05) is 26.2 Å². The molecule has 108 valence electrons. The van der Waals surface area contributed by atoms with E-state index in [0.29, 0.717) is 0 Å². The largest absolute Gasteiger partial charge is 0.312 e. The zero-order valence-corrected chi connectivity index (χ0v) is 13.5. The maximum Gasteiger partial charge on any atom is 0.0299 e. The lowest BCUT2D eigenvalue weighted by atomic mass is 9.94. The first-order chi connectivity index (χ1) is 9.20. The molecule has 1 heterocycles. The molecule has 1 N–H and O–H groups in total. The van der Waals surface area contributed by atoms with E-state index >= 15 is 0 Å². The first-order valence-electron chi connectivity index (χ1n) is 7.70. The highest BCUT2D eigenvalue weighted by Gasteiger charge is 2.19. The number of hydrogen-bond donors (Lipinski definition) is 1. The maximum absolute atomic E-state index is 3.42. The van der Waals surface area contributed by atoms with Crippen LogP contribution < -0.4 is 5.32 Å². The first kappa shape index (κ1) is 15.0. The first-order valence-corrected chi connectivity index (χ1v) is 8.51. The molecule has 2 rings (SSSR count). The average molecular weight is 280 g/mol. The summed E-state index contributed by atoms with van der Waals surface area (Å²) >= 11 is 1.95. The van der Waals surface area contributed by atoms with E-state index in [-0.39, 0.29) is 0 Å². The van der Waals surface area contributed by atoms with Crippen molar-refractivity contribution in [2.45, 2.75) is 65.1 Å². The lowest BCUT2D eigenvalue weighted by molar-refractivity contribution is 0.184. The Bertz CT molecular complexity index is 380. The van der Waals surface area contributed by atoms with Gasteiger partial charge in [0.15, 0.2) is 0 Å². The Morgan fingerprint density at radius 3 is 2.74 bits per heavy atom. The third-order valence-electron chi connectivity index (χ3n) is 4.24. The van der Waals surface area contributed by atoms with Gasteiger partial charge < -0.3 is 5.32 Å². The van der Waals surface area contributed by atoms with Gasteiger partial charge in [-0.15, -0.1) is 11.3 Å². The molecule has 1 aliphatic carbocycles. The highest BCUT2D eigenvalue weighted by Crippen LogP contribution is 2.26. The minimum absolute atomic E-state index is 0.810. The molecule has 0 atom stereocenters. The molecular weight excluding hydrogens is 252 g/mol. The van der Waals surface area contributed by atoms with E-state index in [1.54, 1.807) is 0 Å². The Balaban J connectivity index is 1.91. The minimum Gasteiger partial charge on any atom is -0.312 e. The molecular formula is C16H28N2S. The van der Waals surface area contributed by atoms with E-state index in [1.165, 1.54) is 47.4 Å². The van der Waals surface area contributed by atoms with Crippen LogP contribution in [0.1, 0.15) is 54.3 Å². The van der Waals surface area contributed by atoms with Crippen molar-refractivity contribution in [3.8, 4) is 0 Å². The molecule has 0 unspecified atom stereocenters. The summed E-state index contributed by atoms with van der Waals surface area (Å²) in [5.74, 6) is 0. The molecule has 1 fully saturated rings. The van der Waals surface area contributed by atoms with E-state index in [9.17, 15) is 0 Å². The second kappa shape index (κ2) is 7.41. The van der Waals surface area contributed by atoms with Gasteiger partial charge in [0.25, 0.3) is 0 Å². The van der Waals surface area contributed by atoms with Crippen LogP contribution in [0.15, 0.2) is 6.07 Å². The van der Waals surface area contributed by atoms with Gasteiger partial charge in [-0.2, -0.15) is 0 Å². The molecule has 3 heteroatoms. The summed E-state index contributed by atoms with van der Waals surface area (Å²) in [5, 5.41) is 3.42. The molecule has 0 spiro atoms. The van der Waals surface area contributed by atoms with Crippen molar-refractivity contribution in [1.29, 1.82) is 0 Å². The third-order valence-corrected chi connectivity index (χ3v) is 5.33. The predicted octanol–water partition coefficient (Wildman–Crippen LogP) is 3.93. The summed E-state index contributed by atoms with van der Waals surface area (Å²) in [6, 6.07) is 3.22. The van der Waals surface area contributed by atoms with Crippen LogP contribution >= 0.6 is 11.3 Å². The number of aryl methyl sites for hydroxylation is 1. The Hall–Kier alpha value is -0.380. The molecule has 1 aromatic heterocycles. The smallest absolute Gasteiger partial charge is 0.0299 e. The molecule has 1 saturated carbocycles. The molecule has 0 radical (unpaired) electrons. The highest BCUT2D eigenvalue weighted by molar-refractivity contribution is 7.12. The molecule has 0 amide bonds. The van der Waals surface area contributed by atoms with E-state index in [2.05, 4.69) is 37.2 Å². The second-order valence-electron chi connectivity index (χ2n) is 5.78. The van der Waals surface area contributed by atoms with Gasteiger partial charge in [0.2, 0.25) is 0 Å². The van der Waals surface area contributed by atoms with E-state index in [4.69, 9.17) is 0 Å². The quantitative estimate of drug-likeness (QED) is 0.849. The molecule has 2 nitrogen and oxygen atoms in total. The van der Waals surface area contributed by atoms with Gasteiger partial charge in [-0.3, -0.25) is 4.90 Å². The topological polar surface area (TPSA) is 15.3 Å². The van der Waals surface area contributed by atoms with Crippen LogP contribution in [0.2, 0.25) is 0 Å². The molecule has 19 heavy (non-hydrogen) atoms. The maximum atomic E-state index is 3.42. The van der Waals surface area contributed by atoms with Gasteiger partial charge in [0, 0.05) is 28.9 Å². The van der Waals surface area contributed by atoms with Gasteiger partial charge in [0.05, 0.1) is 0 Å². The summed E-state index contributed by atoms with van der Waals surface area (Å²) in [7, 11) is 2.30. The zero-order chi connectivity index (χ0) is 13.7.